The number of hydrogen-bond donors (Lipinski definition) is 0. The fourth-order valence-electron chi connectivity index (χ4n) is 1.68. The van der Waals surface area contributed by atoms with Crippen LogP contribution in [-0.4, -0.2) is 6.09 Å². The highest BCUT2D eigenvalue weighted by molar-refractivity contribution is 5.67. The van der Waals surface area contributed by atoms with Crippen molar-refractivity contribution in [2.45, 2.75) is 19.6 Å². The minimum atomic E-state index is -0.670. The lowest BCUT2D eigenvalue weighted by atomic mass is 10.1. The highest BCUT2D eigenvalue weighted by Gasteiger charge is 2.05. The molecule has 0 saturated carbocycles. The minimum Gasteiger partial charge on any atom is -0.442 e. The van der Waals surface area contributed by atoms with Crippen LogP contribution in [0.15, 0.2) is 70.9 Å². The lowest BCUT2D eigenvalue weighted by Gasteiger charge is -2.04. The Morgan fingerprint density at radius 1 is 1.05 bits per heavy atom. The number of azo groups is 1. The fourth-order valence-corrected chi connectivity index (χ4v) is 1.68. The van der Waals surface area contributed by atoms with E-state index >= 15 is 0 Å². The molecule has 2 aromatic rings. The van der Waals surface area contributed by atoms with Crippen molar-refractivity contribution < 1.29 is 9.53 Å². The highest BCUT2D eigenvalue weighted by atomic mass is 16.5. The van der Waals surface area contributed by atoms with Crippen LogP contribution < -0.4 is 0 Å². The summed E-state index contributed by atoms with van der Waals surface area (Å²) in [5, 5.41) is 7.54. The summed E-state index contributed by atoms with van der Waals surface area (Å²) in [5.74, 6) is 0. The lowest BCUT2D eigenvalue weighted by Crippen LogP contribution is -1.99. The van der Waals surface area contributed by atoms with Crippen molar-refractivity contribution in [2.24, 2.45) is 10.2 Å². The van der Waals surface area contributed by atoms with Crippen molar-refractivity contribution >= 4 is 6.09 Å². The van der Waals surface area contributed by atoms with Crippen LogP contribution in [-0.2, 0) is 11.3 Å². The van der Waals surface area contributed by atoms with Gasteiger partial charge in [0, 0.05) is 0 Å². The van der Waals surface area contributed by atoms with Gasteiger partial charge in [-0.05, 0) is 18.1 Å². The van der Waals surface area contributed by atoms with Crippen molar-refractivity contribution in [3.05, 3.63) is 71.8 Å². The van der Waals surface area contributed by atoms with Crippen molar-refractivity contribution in [1.82, 2.24) is 0 Å². The molecule has 102 valence electrons. The first-order valence-electron chi connectivity index (χ1n) is 6.42. The molecule has 2 aromatic carbocycles. The Kier molecular flexibility index (Phi) is 5.00. The molecule has 2 rings (SSSR count). The number of amides is 1. The van der Waals surface area contributed by atoms with E-state index in [9.17, 15) is 4.79 Å². The molecule has 0 spiro atoms. The molecule has 0 aromatic heterocycles. The summed E-state index contributed by atoms with van der Waals surface area (Å²) in [5.41, 5.74) is 1.93. The summed E-state index contributed by atoms with van der Waals surface area (Å²) in [4.78, 5) is 11.5. The monoisotopic (exact) mass is 268 g/mol. The Morgan fingerprint density at radius 2 is 1.65 bits per heavy atom. The second-order valence-corrected chi connectivity index (χ2v) is 4.34. The van der Waals surface area contributed by atoms with E-state index < -0.39 is 6.09 Å². The van der Waals surface area contributed by atoms with Gasteiger partial charge in [-0.15, -0.1) is 0 Å². The number of benzene rings is 2. The predicted octanol–water partition coefficient (Wildman–Crippen LogP) is 4.54. The van der Waals surface area contributed by atoms with Crippen LogP contribution in [0.4, 0.5) is 4.79 Å². The van der Waals surface area contributed by atoms with Gasteiger partial charge in [0.15, 0.2) is 0 Å². The van der Waals surface area contributed by atoms with Gasteiger partial charge in [-0.2, -0.15) is 5.11 Å². The lowest BCUT2D eigenvalue weighted by molar-refractivity contribution is 0.148. The summed E-state index contributed by atoms with van der Waals surface area (Å²) < 4.78 is 5.01. The Balaban J connectivity index is 1.84. The smallest absolute Gasteiger partial charge is 0.442 e. The van der Waals surface area contributed by atoms with Gasteiger partial charge in [0.1, 0.15) is 6.61 Å². The molecule has 0 aliphatic heterocycles. The van der Waals surface area contributed by atoms with Crippen LogP contribution in [0.3, 0.4) is 0 Å². The molecule has 0 saturated heterocycles. The van der Waals surface area contributed by atoms with Crippen LogP contribution in [0.5, 0.6) is 0 Å². The van der Waals surface area contributed by atoms with Crippen LogP contribution in [0.1, 0.15) is 24.1 Å². The molecule has 1 amide bonds. The van der Waals surface area contributed by atoms with Gasteiger partial charge < -0.3 is 4.74 Å². The van der Waals surface area contributed by atoms with Crippen LogP contribution in [0.25, 0.3) is 0 Å². The zero-order valence-electron chi connectivity index (χ0n) is 11.3. The largest absolute Gasteiger partial charge is 0.452 e. The van der Waals surface area contributed by atoms with Gasteiger partial charge in [-0.25, -0.2) is 4.79 Å². The number of nitrogens with zero attached hydrogens (tertiary/aromatic N) is 2. The third kappa shape index (κ3) is 4.31. The fraction of sp³-hybridized carbons (Fsp3) is 0.188. The molecule has 4 heteroatoms. The third-order valence-corrected chi connectivity index (χ3v) is 2.80. The van der Waals surface area contributed by atoms with Gasteiger partial charge in [-0.1, -0.05) is 65.8 Å². The van der Waals surface area contributed by atoms with Crippen LogP contribution >= 0.6 is 0 Å². The average molecular weight is 268 g/mol. The van der Waals surface area contributed by atoms with Crippen LogP contribution in [0.2, 0.25) is 0 Å². The zero-order valence-corrected chi connectivity index (χ0v) is 11.3. The van der Waals surface area contributed by atoms with Crippen LogP contribution in [0, 0.1) is 0 Å². The SMILES string of the molecule is CC(N=NC(=O)OCc1ccccc1)c1ccccc1. The molecule has 0 aliphatic carbocycles. The van der Waals surface area contributed by atoms with Gasteiger partial charge in [0.05, 0.1) is 6.04 Å². The number of carbonyl (C=O) groups excluding carboxylic acids is 1. The maximum absolute atomic E-state index is 11.5. The number of rotatable bonds is 4. The number of ether oxygens (including phenoxy) is 1. The van der Waals surface area contributed by atoms with E-state index in [1.807, 2.05) is 67.6 Å². The predicted molar refractivity (Wildman–Crippen MR) is 76.3 cm³/mol. The minimum absolute atomic E-state index is 0.166. The Morgan fingerprint density at radius 3 is 2.30 bits per heavy atom. The molecule has 0 radical (unpaired) electrons. The van der Waals surface area contributed by atoms with E-state index in [1.54, 1.807) is 0 Å². The first kappa shape index (κ1) is 13.9. The second kappa shape index (κ2) is 7.19. The van der Waals surface area contributed by atoms with E-state index in [0.717, 1.165) is 11.1 Å². The van der Waals surface area contributed by atoms with Crippen molar-refractivity contribution in [3.63, 3.8) is 0 Å². The maximum atomic E-state index is 11.5. The van der Waals surface area contributed by atoms with E-state index in [-0.39, 0.29) is 12.6 Å². The van der Waals surface area contributed by atoms with Crippen molar-refractivity contribution in [2.75, 3.05) is 0 Å². The highest BCUT2D eigenvalue weighted by Crippen LogP contribution is 2.16. The molecule has 0 aliphatic rings. The number of hydrogen-bond acceptors (Lipinski definition) is 3. The summed E-state index contributed by atoms with van der Waals surface area (Å²) >= 11 is 0. The Bertz CT molecular complexity index is 568. The second-order valence-electron chi connectivity index (χ2n) is 4.34. The standard InChI is InChI=1S/C16H16N2O2/c1-13(15-10-6-3-7-11-15)17-18-16(19)20-12-14-8-4-2-5-9-14/h2-11,13H,12H2,1H3. The van der Waals surface area contributed by atoms with Gasteiger partial charge in [-0.3, -0.25) is 0 Å². The molecule has 0 heterocycles. The van der Waals surface area contributed by atoms with E-state index in [0.29, 0.717) is 0 Å². The average Bonchev–Trinajstić information content (AvgIpc) is 2.52. The first-order valence-corrected chi connectivity index (χ1v) is 6.42. The van der Waals surface area contributed by atoms with Crippen molar-refractivity contribution in [1.29, 1.82) is 0 Å². The van der Waals surface area contributed by atoms with Gasteiger partial charge >= 0.3 is 6.09 Å². The molecule has 1 unspecified atom stereocenters. The normalized spacial score (nSPS) is 12.2. The van der Waals surface area contributed by atoms with Gasteiger partial charge in [0.25, 0.3) is 0 Å². The van der Waals surface area contributed by atoms with E-state index in [1.165, 1.54) is 0 Å². The Labute approximate surface area is 118 Å². The molecular formula is C16H16N2O2. The topological polar surface area (TPSA) is 51.0 Å². The molecule has 0 bridgehead atoms. The summed E-state index contributed by atoms with van der Waals surface area (Å²) in [6.45, 7) is 2.09. The summed E-state index contributed by atoms with van der Waals surface area (Å²) in [6.07, 6.45) is -0.670. The Hall–Kier alpha value is -2.49. The number of carbonyl (C=O) groups is 1. The van der Waals surface area contributed by atoms with E-state index in [4.69, 9.17) is 4.74 Å². The molecular weight excluding hydrogens is 252 g/mol. The summed E-state index contributed by atoms with van der Waals surface area (Å²) in [7, 11) is 0. The van der Waals surface area contributed by atoms with Gasteiger partial charge in [0.2, 0.25) is 0 Å². The molecule has 4 nitrogen and oxygen atoms in total. The van der Waals surface area contributed by atoms with Crippen molar-refractivity contribution in [3.8, 4) is 0 Å². The molecule has 0 N–H and O–H groups in total. The first-order chi connectivity index (χ1) is 9.75. The quantitative estimate of drug-likeness (QED) is 0.764. The molecule has 20 heavy (non-hydrogen) atoms. The molecule has 0 fully saturated rings. The maximum Gasteiger partial charge on any atom is 0.452 e. The zero-order chi connectivity index (χ0) is 14.2. The third-order valence-electron chi connectivity index (χ3n) is 2.80. The van der Waals surface area contributed by atoms with E-state index in [2.05, 4.69) is 10.2 Å². The molecule has 1 atom stereocenters. The summed E-state index contributed by atoms with van der Waals surface area (Å²) in [6, 6.07) is 19.0.